The molecule has 0 saturated carbocycles. The molecule has 12 heavy (non-hydrogen) atoms. The Balaban J connectivity index is 2.58. The number of hydrogen-bond acceptors (Lipinski definition) is 1. The number of rotatable bonds is 3. The number of benzene rings is 1. The van der Waals surface area contributed by atoms with Gasteiger partial charge in [0.15, 0.2) is 0 Å². The van der Waals surface area contributed by atoms with Gasteiger partial charge in [-0.1, -0.05) is 37.3 Å². The fourth-order valence-corrected chi connectivity index (χ4v) is 1.18. The molecule has 0 bridgehead atoms. The predicted molar refractivity (Wildman–Crippen MR) is 49.5 cm³/mol. The van der Waals surface area contributed by atoms with Crippen molar-refractivity contribution in [3.63, 3.8) is 0 Å². The van der Waals surface area contributed by atoms with Gasteiger partial charge in [-0.05, 0) is 18.4 Å². The molecule has 0 spiro atoms. The van der Waals surface area contributed by atoms with Gasteiger partial charge in [-0.3, -0.25) is 0 Å². The second-order valence-electron chi connectivity index (χ2n) is 2.92. The van der Waals surface area contributed by atoms with Crippen LogP contribution in [0.1, 0.15) is 18.9 Å². The lowest BCUT2D eigenvalue weighted by Gasteiger charge is -2.04. The highest BCUT2D eigenvalue weighted by molar-refractivity contribution is 5.16. The summed E-state index contributed by atoms with van der Waals surface area (Å²) in [6.07, 6.45) is 1.82. The molecule has 1 aromatic rings. The lowest BCUT2D eigenvalue weighted by atomic mass is 9.99. The van der Waals surface area contributed by atoms with E-state index in [2.05, 4.69) is 25.1 Å². The first kappa shape index (κ1) is 8.80. The van der Waals surface area contributed by atoms with Crippen molar-refractivity contribution in [1.29, 1.82) is 5.26 Å². The van der Waals surface area contributed by atoms with E-state index < -0.39 is 0 Å². The van der Waals surface area contributed by atoms with Gasteiger partial charge in [0.05, 0.1) is 12.0 Å². The molecule has 0 aromatic heterocycles. The van der Waals surface area contributed by atoms with Crippen molar-refractivity contribution < 1.29 is 0 Å². The molecule has 0 N–H and O–H groups in total. The van der Waals surface area contributed by atoms with Gasteiger partial charge in [0, 0.05) is 0 Å². The van der Waals surface area contributed by atoms with E-state index >= 15 is 0 Å². The van der Waals surface area contributed by atoms with E-state index in [4.69, 9.17) is 5.26 Å². The summed E-state index contributed by atoms with van der Waals surface area (Å²) in [6, 6.07) is 12.5. The van der Waals surface area contributed by atoms with Crippen molar-refractivity contribution in [2.75, 3.05) is 0 Å². The standard InChI is InChI=1S/C11H13N/c1-2-10(9-12)8-11-6-4-3-5-7-11/h3-7,10H,2,8H2,1H3/t10-/m0/s1. The van der Waals surface area contributed by atoms with Crippen LogP contribution in [0.15, 0.2) is 30.3 Å². The normalized spacial score (nSPS) is 12.0. The molecule has 0 fully saturated rings. The van der Waals surface area contributed by atoms with Crippen LogP contribution in [0.25, 0.3) is 0 Å². The molecule has 0 aliphatic rings. The van der Waals surface area contributed by atoms with Gasteiger partial charge in [-0.25, -0.2) is 0 Å². The number of nitrogens with zero attached hydrogens (tertiary/aromatic N) is 1. The number of hydrogen-bond donors (Lipinski definition) is 0. The smallest absolute Gasteiger partial charge is 0.0659 e. The topological polar surface area (TPSA) is 23.8 Å². The molecular weight excluding hydrogens is 146 g/mol. The van der Waals surface area contributed by atoms with E-state index in [1.165, 1.54) is 5.56 Å². The Hall–Kier alpha value is -1.29. The maximum absolute atomic E-state index is 8.74. The predicted octanol–water partition coefficient (Wildman–Crippen LogP) is 2.78. The summed E-state index contributed by atoms with van der Waals surface area (Å²) in [5.74, 6) is 0.174. The quantitative estimate of drug-likeness (QED) is 0.665. The minimum atomic E-state index is 0.174. The Labute approximate surface area is 73.6 Å². The highest BCUT2D eigenvalue weighted by atomic mass is 14.3. The Kier molecular flexibility index (Phi) is 3.35. The zero-order chi connectivity index (χ0) is 8.81. The summed E-state index contributed by atoms with van der Waals surface area (Å²) in [6.45, 7) is 2.05. The molecule has 62 valence electrons. The second kappa shape index (κ2) is 4.56. The molecule has 1 heteroatoms. The molecule has 0 radical (unpaired) electrons. The van der Waals surface area contributed by atoms with Crippen molar-refractivity contribution in [3.05, 3.63) is 35.9 Å². The summed E-state index contributed by atoms with van der Waals surface area (Å²) in [7, 11) is 0. The average Bonchev–Trinajstić information content (AvgIpc) is 2.16. The Morgan fingerprint density at radius 3 is 2.50 bits per heavy atom. The molecule has 0 saturated heterocycles. The molecule has 1 rings (SSSR count). The monoisotopic (exact) mass is 159 g/mol. The van der Waals surface area contributed by atoms with Crippen molar-refractivity contribution in [3.8, 4) is 6.07 Å². The highest BCUT2D eigenvalue weighted by Crippen LogP contribution is 2.10. The van der Waals surface area contributed by atoms with Crippen LogP contribution < -0.4 is 0 Å². The molecule has 0 heterocycles. The lowest BCUT2D eigenvalue weighted by molar-refractivity contribution is 0.638. The highest BCUT2D eigenvalue weighted by Gasteiger charge is 2.04. The van der Waals surface area contributed by atoms with E-state index in [0.29, 0.717) is 0 Å². The van der Waals surface area contributed by atoms with E-state index in [9.17, 15) is 0 Å². The van der Waals surface area contributed by atoms with Crippen LogP contribution in [-0.2, 0) is 6.42 Å². The molecule has 1 atom stereocenters. The Bertz CT molecular complexity index is 258. The Morgan fingerprint density at radius 1 is 1.33 bits per heavy atom. The van der Waals surface area contributed by atoms with Crippen LogP contribution in [0.4, 0.5) is 0 Å². The minimum absolute atomic E-state index is 0.174. The maximum atomic E-state index is 8.74. The van der Waals surface area contributed by atoms with Crippen molar-refractivity contribution in [2.45, 2.75) is 19.8 Å². The van der Waals surface area contributed by atoms with Gasteiger partial charge >= 0.3 is 0 Å². The molecular formula is C11H13N. The summed E-state index contributed by atoms with van der Waals surface area (Å²) < 4.78 is 0. The molecule has 0 aliphatic carbocycles. The molecule has 0 unspecified atom stereocenters. The summed E-state index contributed by atoms with van der Waals surface area (Å²) >= 11 is 0. The first-order valence-electron chi connectivity index (χ1n) is 4.30. The summed E-state index contributed by atoms with van der Waals surface area (Å²) in [5.41, 5.74) is 1.26. The molecule has 0 amide bonds. The van der Waals surface area contributed by atoms with E-state index in [1.54, 1.807) is 0 Å². The van der Waals surface area contributed by atoms with Gasteiger partial charge in [0.25, 0.3) is 0 Å². The van der Waals surface area contributed by atoms with Crippen LogP contribution in [-0.4, -0.2) is 0 Å². The van der Waals surface area contributed by atoms with Crippen LogP contribution in [0.5, 0.6) is 0 Å². The van der Waals surface area contributed by atoms with Gasteiger partial charge < -0.3 is 0 Å². The zero-order valence-electron chi connectivity index (χ0n) is 7.33. The van der Waals surface area contributed by atoms with Crippen LogP contribution in [0.2, 0.25) is 0 Å². The summed E-state index contributed by atoms with van der Waals surface area (Å²) in [5, 5.41) is 8.74. The second-order valence-corrected chi connectivity index (χ2v) is 2.92. The van der Waals surface area contributed by atoms with Crippen molar-refractivity contribution in [1.82, 2.24) is 0 Å². The molecule has 1 nitrogen and oxygen atoms in total. The van der Waals surface area contributed by atoms with E-state index in [1.807, 2.05) is 18.2 Å². The maximum Gasteiger partial charge on any atom is 0.0659 e. The average molecular weight is 159 g/mol. The lowest BCUT2D eigenvalue weighted by Crippen LogP contribution is -1.99. The van der Waals surface area contributed by atoms with E-state index in [0.717, 1.165) is 12.8 Å². The number of nitriles is 1. The third-order valence-electron chi connectivity index (χ3n) is 2.00. The third-order valence-corrected chi connectivity index (χ3v) is 2.00. The van der Waals surface area contributed by atoms with Crippen molar-refractivity contribution in [2.24, 2.45) is 5.92 Å². The first-order chi connectivity index (χ1) is 5.86. The first-order valence-corrected chi connectivity index (χ1v) is 4.30. The Morgan fingerprint density at radius 2 is 2.00 bits per heavy atom. The van der Waals surface area contributed by atoms with Gasteiger partial charge in [-0.15, -0.1) is 0 Å². The van der Waals surface area contributed by atoms with Gasteiger partial charge in [-0.2, -0.15) is 5.26 Å². The van der Waals surface area contributed by atoms with E-state index in [-0.39, 0.29) is 5.92 Å². The fraction of sp³-hybridized carbons (Fsp3) is 0.364. The fourth-order valence-electron chi connectivity index (χ4n) is 1.18. The molecule has 1 aromatic carbocycles. The summed E-state index contributed by atoms with van der Waals surface area (Å²) in [4.78, 5) is 0. The van der Waals surface area contributed by atoms with Gasteiger partial charge in [0.2, 0.25) is 0 Å². The van der Waals surface area contributed by atoms with Crippen molar-refractivity contribution >= 4 is 0 Å². The zero-order valence-corrected chi connectivity index (χ0v) is 7.33. The SMILES string of the molecule is CC[C@H](C#N)Cc1ccccc1. The van der Waals surface area contributed by atoms with Gasteiger partial charge in [0.1, 0.15) is 0 Å². The van der Waals surface area contributed by atoms with Crippen LogP contribution in [0.3, 0.4) is 0 Å². The van der Waals surface area contributed by atoms with Crippen LogP contribution >= 0.6 is 0 Å². The third kappa shape index (κ3) is 2.39. The largest absolute Gasteiger partial charge is 0.198 e. The molecule has 0 aliphatic heterocycles. The minimum Gasteiger partial charge on any atom is -0.198 e. The van der Waals surface area contributed by atoms with Crippen LogP contribution in [0, 0.1) is 17.2 Å².